The first kappa shape index (κ1) is 29.2. The van der Waals surface area contributed by atoms with Crippen molar-refractivity contribution in [1.29, 1.82) is 0 Å². The van der Waals surface area contributed by atoms with Crippen molar-refractivity contribution in [3.63, 3.8) is 0 Å². The van der Waals surface area contributed by atoms with Gasteiger partial charge in [-0.15, -0.1) is 5.10 Å². The summed E-state index contributed by atoms with van der Waals surface area (Å²) >= 11 is 6.24. The van der Waals surface area contributed by atoms with Crippen molar-refractivity contribution < 1.29 is 18.0 Å². The number of amides is 1. The van der Waals surface area contributed by atoms with Crippen LogP contribution in [0.5, 0.6) is 0 Å². The number of anilines is 1. The second-order valence-corrected chi connectivity index (χ2v) is 11.0. The zero-order valence-corrected chi connectivity index (χ0v) is 24.0. The number of halogens is 4. The number of hydrogen-bond donors (Lipinski definition) is 1. The SMILES string of the molecule is C[C@@H]1CCC[C@H](n2cnc(-c3cc(Cl)ccc3-n3cc(C(F)(F)F)nn3)cc2=O)c2cccc(c2)-c2ncccc2NC1=O. The van der Waals surface area contributed by atoms with E-state index in [9.17, 15) is 22.8 Å². The smallest absolute Gasteiger partial charge is 0.324 e. The minimum atomic E-state index is -4.67. The summed E-state index contributed by atoms with van der Waals surface area (Å²) in [5.41, 5.74) is 2.07. The molecule has 1 N–H and O–H groups in total. The van der Waals surface area contributed by atoms with Gasteiger partial charge in [-0.2, -0.15) is 13.2 Å². The molecule has 5 aromatic rings. The summed E-state index contributed by atoms with van der Waals surface area (Å²) in [6.07, 6.45) is 0.986. The Labute approximate surface area is 254 Å². The first-order valence-electron chi connectivity index (χ1n) is 13.8. The maximum Gasteiger partial charge on any atom is 0.436 e. The van der Waals surface area contributed by atoms with Gasteiger partial charge in [-0.05, 0) is 54.8 Å². The van der Waals surface area contributed by atoms with Crippen LogP contribution in [0.25, 0.3) is 28.2 Å². The van der Waals surface area contributed by atoms with Crippen LogP contribution in [-0.4, -0.2) is 35.4 Å². The molecule has 1 aliphatic heterocycles. The van der Waals surface area contributed by atoms with E-state index in [2.05, 4.69) is 25.6 Å². The van der Waals surface area contributed by atoms with E-state index >= 15 is 0 Å². The zero-order valence-electron chi connectivity index (χ0n) is 23.3. The molecule has 3 aromatic heterocycles. The third-order valence-electron chi connectivity index (χ3n) is 7.61. The van der Waals surface area contributed by atoms with Crippen LogP contribution >= 0.6 is 11.6 Å². The highest BCUT2D eigenvalue weighted by Gasteiger charge is 2.35. The fraction of sp³-hybridized carbons (Fsp3) is 0.226. The zero-order chi connectivity index (χ0) is 31.0. The van der Waals surface area contributed by atoms with Gasteiger partial charge >= 0.3 is 6.18 Å². The van der Waals surface area contributed by atoms with Crippen LogP contribution in [-0.2, 0) is 11.0 Å². The van der Waals surface area contributed by atoms with Crippen molar-refractivity contribution in [2.24, 2.45) is 5.92 Å². The summed E-state index contributed by atoms with van der Waals surface area (Å²) in [4.78, 5) is 35.7. The van der Waals surface area contributed by atoms with Gasteiger partial charge in [0.1, 0.15) is 0 Å². The first-order valence-corrected chi connectivity index (χ1v) is 14.2. The number of carbonyl (C=O) groups excluding carboxylic acids is 1. The monoisotopic (exact) mass is 619 g/mol. The molecule has 2 aromatic carbocycles. The van der Waals surface area contributed by atoms with E-state index in [0.29, 0.717) is 41.2 Å². The largest absolute Gasteiger partial charge is 0.436 e. The van der Waals surface area contributed by atoms with Gasteiger partial charge in [-0.1, -0.05) is 48.4 Å². The van der Waals surface area contributed by atoms with Crippen LogP contribution in [0, 0.1) is 5.92 Å². The van der Waals surface area contributed by atoms with Gasteiger partial charge in [-0.25, -0.2) is 9.67 Å². The second kappa shape index (κ2) is 11.7. The molecule has 44 heavy (non-hydrogen) atoms. The number of alkyl halides is 3. The molecule has 0 fully saturated rings. The molecule has 0 unspecified atom stereocenters. The summed E-state index contributed by atoms with van der Waals surface area (Å²) in [5, 5.41) is 10.2. The Kier molecular flexibility index (Phi) is 7.76. The third kappa shape index (κ3) is 5.85. The van der Waals surface area contributed by atoms with Crippen molar-refractivity contribution in [3.05, 3.63) is 106 Å². The Hall–Kier alpha value is -4.84. The predicted molar refractivity (Wildman–Crippen MR) is 158 cm³/mol. The fourth-order valence-electron chi connectivity index (χ4n) is 5.32. The van der Waals surface area contributed by atoms with Crippen LogP contribution in [0.3, 0.4) is 0 Å². The second-order valence-electron chi connectivity index (χ2n) is 10.6. The van der Waals surface area contributed by atoms with E-state index in [4.69, 9.17) is 11.6 Å². The summed E-state index contributed by atoms with van der Waals surface area (Å²) in [6, 6.07) is 16.6. The lowest BCUT2D eigenvalue weighted by molar-refractivity contribution is -0.141. The van der Waals surface area contributed by atoms with Crippen molar-refractivity contribution in [2.75, 3.05) is 5.32 Å². The van der Waals surface area contributed by atoms with Crippen molar-refractivity contribution >= 4 is 23.2 Å². The average molecular weight is 620 g/mol. The molecule has 13 heteroatoms. The molecule has 0 saturated carbocycles. The molecule has 0 aliphatic carbocycles. The molecule has 224 valence electrons. The standard InChI is InChI=1S/C31H25ClF3N7O2/c1-18-5-2-9-25(19-6-3-7-20(13-19)29-23(38-30(18)44)8-4-12-36-29)41-17-37-24(15-28(41)43)22-14-21(32)10-11-26(22)42-16-27(39-40-42)31(33,34)35/h3-4,6-8,10-18,25H,2,5,9H2,1H3,(H,38,44)/t18-,25+/m1/s1. The number of pyridine rings is 1. The molecule has 2 bridgehead atoms. The van der Waals surface area contributed by atoms with Crippen LogP contribution in [0.1, 0.15) is 43.5 Å². The predicted octanol–water partition coefficient (Wildman–Crippen LogP) is 6.57. The Morgan fingerprint density at radius 2 is 1.84 bits per heavy atom. The number of rotatable bonds is 3. The molecule has 1 aliphatic rings. The van der Waals surface area contributed by atoms with Crippen LogP contribution in [0.2, 0.25) is 5.02 Å². The fourth-order valence-corrected chi connectivity index (χ4v) is 5.49. The molecular formula is C31H25ClF3N7O2. The molecule has 1 amide bonds. The molecule has 2 atom stereocenters. The van der Waals surface area contributed by atoms with Gasteiger partial charge in [0, 0.05) is 34.3 Å². The number of hydrogen-bond acceptors (Lipinski definition) is 6. The lowest BCUT2D eigenvalue weighted by Crippen LogP contribution is -2.26. The van der Waals surface area contributed by atoms with Crippen molar-refractivity contribution in [3.8, 4) is 28.2 Å². The quantitative estimate of drug-likeness (QED) is 0.245. The van der Waals surface area contributed by atoms with Gasteiger partial charge in [-0.3, -0.25) is 19.1 Å². The van der Waals surface area contributed by atoms with Crippen molar-refractivity contribution in [1.82, 2.24) is 29.5 Å². The number of nitrogens with zero attached hydrogens (tertiary/aromatic N) is 6. The third-order valence-corrected chi connectivity index (χ3v) is 7.84. The Morgan fingerprint density at radius 3 is 2.61 bits per heavy atom. The minimum Gasteiger partial charge on any atom is -0.324 e. The van der Waals surface area contributed by atoms with Crippen LogP contribution < -0.4 is 10.9 Å². The van der Waals surface area contributed by atoms with E-state index in [1.165, 1.54) is 35.2 Å². The normalized spacial score (nSPS) is 17.2. The number of nitrogens with one attached hydrogen (secondary N) is 1. The highest BCUT2D eigenvalue weighted by atomic mass is 35.5. The van der Waals surface area contributed by atoms with E-state index < -0.39 is 17.9 Å². The van der Waals surface area contributed by atoms with E-state index in [-0.39, 0.29) is 28.8 Å². The van der Waals surface area contributed by atoms with Gasteiger partial charge in [0.25, 0.3) is 5.56 Å². The summed E-state index contributed by atoms with van der Waals surface area (Å²) in [5.74, 6) is -0.377. The number of fused-ring (bicyclic) bond motifs is 4. The van der Waals surface area contributed by atoms with Crippen LogP contribution in [0.4, 0.5) is 18.9 Å². The number of aromatic nitrogens is 6. The molecular weight excluding hydrogens is 595 g/mol. The lowest BCUT2D eigenvalue weighted by Gasteiger charge is -2.23. The topological polar surface area (TPSA) is 108 Å². The lowest BCUT2D eigenvalue weighted by atomic mass is 9.94. The average Bonchev–Trinajstić information content (AvgIpc) is 3.51. The Balaban J connectivity index is 1.42. The van der Waals surface area contributed by atoms with Crippen molar-refractivity contribution in [2.45, 2.75) is 38.4 Å². The molecule has 0 radical (unpaired) electrons. The molecule has 0 spiro atoms. The highest BCUT2D eigenvalue weighted by molar-refractivity contribution is 6.31. The molecule has 4 heterocycles. The maximum absolute atomic E-state index is 13.7. The van der Waals surface area contributed by atoms with E-state index in [1.807, 2.05) is 37.3 Å². The maximum atomic E-state index is 13.7. The number of carbonyl (C=O) groups is 1. The summed E-state index contributed by atoms with van der Waals surface area (Å²) in [6.45, 7) is 1.86. The minimum absolute atomic E-state index is 0.109. The molecule has 0 saturated heterocycles. The highest BCUT2D eigenvalue weighted by Crippen LogP contribution is 2.34. The number of benzene rings is 2. The molecule has 9 nitrogen and oxygen atoms in total. The van der Waals surface area contributed by atoms with Gasteiger partial charge in [0.05, 0.1) is 41.3 Å². The van der Waals surface area contributed by atoms with Gasteiger partial charge in [0.15, 0.2) is 5.69 Å². The Bertz CT molecular complexity index is 1920. The first-order chi connectivity index (χ1) is 21.1. The summed E-state index contributed by atoms with van der Waals surface area (Å²) in [7, 11) is 0. The van der Waals surface area contributed by atoms with E-state index in [1.54, 1.807) is 12.3 Å². The van der Waals surface area contributed by atoms with Gasteiger partial charge in [0.2, 0.25) is 5.91 Å². The summed E-state index contributed by atoms with van der Waals surface area (Å²) < 4.78 is 42.1. The van der Waals surface area contributed by atoms with E-state index in [0.717, 1.165) is 22.0 Å². The molecule has 6 rings (SSSR count). The Morgan fingerprint density at radius 1 is 1.00 bits per heavy atom. The van der Waals surface area contributed by atoms with Gasteiger partial charge < -0.3 is 5.32 Å². The van der Waals surface area contributed by atoms with Crippen LogP contribution in [0.15, 0.2) is 84.2 Å².